The van der Waals surface area contributed by atoms with Crippen LogP contribution in [0.15, 0.2) is 10.4 Å². The van der Waals surface area contributed by atoms with Gasteiger partial charge in [-0.1, -0.05) is 6.42 Å². The molecule has 2 fully saturated rings. The second kappa shape index (κ2) is 5.71. The lowest BCUT2D eigenvalue weighted by Crippen LogP contribution is -2.46. The highest BCUT2D eigenvalue weighted by atomic mass is 32.2. The van der Waals surface area contributed by atoms with Crippen molar-refractivity contribution in [1.82, 2.24) is 14.6 Å². The number of thiazole rings is 1. The number of piperidine rings is 1. The van der Waals surface area contributed by atoms with Gasteiger partial charge in [0.1, 0.15) is 0 Å². The van der Waals surface area contributed by atoms with E-state index in [1.165, 1.54) is 30.4 Å². The van der Waals surface area contributed by atoms with Crippen LogP contribution in [0.3, 0.4) is 0 Å². The van der Waals surface area contributed by atoms with E-state index in [0.717, 1.165) is 30.8 Å². The van der Waals surface area contributed by atoms with E-state index in [9.17, 15) is 8.42 Å². The Hall–Kier alpha value is -0.500. The highest BCUT2D eigenvalue weighted by Gasteiger charge is 2.40. The summed E-state index contributed by atoms with van der Waals surface area (Å²) in [6.07, 6.45) is 6.93. The van der Waals surface area contributed by atoms with Crippen molar-refractivity contribution in [2.45, 2.75) is 55.3 Å². The summed E-state index contributed by atoms with van der Waals surface area (Å²) in [7, 11) is -3.37. The number of hydrogen-bond acceptors (Lipinski definition) is 5. The summed E-state index contributed by atoms with van der Waals surface area (Å²) in [5.74, 6) is 0. The van der Waals surface area contributed by atoms with Crippen LogP contribution in [0.1, 0.15) is 37.1 Å². The third-order valence-electron chi connectivity index (χ3n) is 3.93. The van der Waals surface area contributed by atoms with Crippen LogP contribution in [0.5, 0.6) is 0 Å². The molecule has 1 saturated heterocycles. The fraction of sp³-hybridized carbons (Fsp3) is 0.769. The van der Waals surface area contributed by atoms with Crippen molar-refractivity contribution in [1.29, 1.82) is 0 Å². The van der Waals surface area contributed by atoms with Crippen LogP contribution >= 0.6 is 11.3 Å². The van der Waals surface area contributed by atoms with Gasteiger partial charge in [0.25, 0.3) is 10.0 Å². The van der Waals surface area contributed by atoms with Gasteiger partial charge in [0, 0.05) is 18.6 Å². The van der Waals surface area contributed by atoms with Gasteiger partial charge in [-0.3, -0.25) is 0 Å². The molecular weight excluding hydrogens is 294 g/mol. The van der Waals surface area contributed by atoms with Crippen LogP contribution in [0.2, 0.25) is 0 Å². The quantitative estimate of drug-likeness (QED) is 0.899. The third kappa shape index (κ3) is 3.05. The summed E-state index contributed by atoms with van der Waals surface area (Å²) in [5.41, 5.74) is 0. The van der Waals surface area contributed by atoms with E-state index >= 15 is 0 Å². The van der Waals surface area contributed by atoms with Crippen LogP contribution in [0.25, 0.3) is 0 Å². The Morgan fingerprint density at radius 3 is 2.75 bits per heavy atom. The highest BCUT2D eigenvalue weighted by molar-refractivity contribution is 7.91. The maximum atomic E-state index is 12.8. The SMILES string of the molecule is Cc1ncc(S(=O)(=O)N(CC2CCCCN2)C2CC2)s1. The van der Waals surface area contributed by atoms with Crippen molar-refractivity contribution < 1.29 is 8.42 Å². The van der Waals surface area contributed by atoms with Crippen molar-refractivity contribution in [2.75, 3.05) is 13.1 Å². The molecule has 1 aliphatic heterocycles. The van der Waals surface area contributed by atoms with E-state index in [2.05, 4.69) is 10.3 Å². The first-order valence-electron chi connectivity index (χ1n) is 7.25. The molecule has 1 atom stereocenters. The standard InChI is InChI=1S/C13H21N3O2S2/c1-10-15-8-13(19-10)20(17,18)16(12-5-6-12)9-11-4-2-3-7-14-11/h8,11-12,14H,2-7,9H2,1H3. The lowest BCUT2D eigenvalue weighted by Gasteiger charge is -2.29. The number of nitrogens with zero attached hydrogens (tertiary/aromatic N) is 2. The molecule has 7 heteroatoms. The molecule has 1 saturated carbocycles. The number of aryl methyl sites for hydroxylation is 1. The minimum atomic E-state index is -3.37. The Bertz CT molecular complexity index is 560. The molecule has 1 N–H and O–H groups in total. The Balaban J connectivity index is 1.79. The summed E-state index contributed by atoms with van der Waals surface area (Å²) in [4.78, 5) is 4.09. The molecule has 1 unspecified atom stereocenters. The molecule has 1 aliphatic carbocycles. The molecule has 1 aromatic rings. The molecule has 0 radical (unpaired) electrons. The lowest BCUT2D eigenvalue weighted by molar-refractivity contribution is 0.308. The van der Waals surface area contributed by atoms with Crippen molar-refractivity contribution in [2.24, 2.45) is 0 Å². The van der Waals surface area contributed by atoms with Gasteiger partial charge in [0.05, 0.1) is 11.2 Å². The third-order valence-corrected chi connectivity index (χ3v) is 7.20. The molecular formula is C13H21N3O2S2. The highest BCUT2D eigenvalue weighted by Crippen LogP contribution is 2.34. The van der Waals surface area contributed by atoms with Crippen molar-refractivity contribution in [3.05, 3.63) is 11.2 Å². The van der Waals surface area contributed by atoms with Crippen LogP contribution in [-0.4, -0.2) is 42.9 Å². The number of hydrogen-bond donors (Lipinski definition) is 1. The Labute approximate surface area is 124 Å². The van der Waals surface area contributed by atoms with Crippen molar-refractivity contribution >= 4 is 21.4 Å². The Kier molecular flexibility index (Phi) is 4.12. The molecule has 1 aromatic heterocycles. The van der Waals surface area contributed by atoms with Gasteiger partial charge in [-0.05, 0) is 39.2 Å². The first-order chi connectivity index (χ1) is 9.57. The van der Waals surface area contributed by atoms with Gasteiger partial charge < -0.3 is 5.32 Å². The number of nitrogens with one attached hydrogen (secondary N) is 1. The normalized spacial score (nSPS) is 24.2. The number of aromatic nitrogens is 1. The molecule has 0 spiro atoms. The topological polar surface area (TPSA) is 62.3 Å². The minimum Gasteiger partial charge on any atom is -0.313 e. The summed E-state index contributed by atoms with van der Waals surface area (Å²) in [6, 6.07) is 0.499. The Morgan fingerprint density at radius 1 is 1.40 bits per heavy atom. The summed E-state index contributed by atoms with van der Waals surface area (Å²) in [6.45, 7) is 3.45. The van der Waals surface area contributed by atoms with Crippen LogP contribution in [-0.2, 0) is 10.0 Å². The zero-order valence-corrected chi connectivity index (χ0v) is 13.3. The van der Waals surface area contributed by atoms with Gasteiger partial charge in [-0.15, -0.1) is 11.3 Å². The van der Waals surface area contributed by atoms with Gasteiger partial charge in [0.15, 0.2) is 4.21 Å². The van der Waals surface area contributed by atoms with Crippen molar-refractivity contribution in [3.63, 3.8) is 0 Å². The minimum absolute atomic E-state index is 0.200. The van der Waals surface area contributed by atoms with Crippen LogP contribution in [0.4, 0.5) is 0 Å². The lowest BCUT2D eigenvalue weighted by atomic mass is 10.1. The van der Waals surface area contributed by atoms with E-state index in [1.807, 2.05) is 6.92 Å². The van der Waals surface area contributed by atoms with E-state index in [1.54, 1.807) is 4.31 Å². The predicted molar refractivity (Wildman–Crippen MR) is 79.4 cm³/mol. The molecule has 112 valence electrons. The molecule has 0 bridgehead atoms. The second-order valence-electron chi connectivity index (χ2n) is 5.65. The van der Waals surface area contributed by atoms with E-state index in [-0.39, 0.29) is 6.04 Å². The largest absolute Gasteiger partial charge is 0.313 e. The average Bonchev–Trinajstić information content (AvgIpc) is 3.17. The fourth-order valence-corrected chi connectivity index (χ4v) is 5.65. The van der Waals surface area contributed by atoms with Gasteiger partial charge >= 0.3 is 0 Å². The van der Waals surface area contributed by atoms with E-state index in [4.69, 9.17) is 0 Å². The predicted octanol–water partition coefficient (Wildman–Crippen LogP) is 1.75. The number of rotatable bonds is 5. The monoisotopic (exact) mass is 315 g/mol. The first kappa shape index (κ1) is 14.4. The van der Waals surface area contributed by atoms with E-state index in [0.29, 0.717) is 16.8 Å². The van der Waals surface area contributed by atoms with Gasteiger partial charge in [-0.2, -0.15) is 4.31 Å². The molecule has 2 aliphatic rings. The second-order valence-corrected chi connectivity index (χ2v) is 9.00. The van der Waals surface area contributed by atoms with E-state index < -0.39 is 10.0 Å². The zero-order chi connectivity index (χ0) is 14.2. The summed E-state index contributed by atoms with van der Waals surface area (Å²) >= 11 is 1.27. The maximum Gasteiger partial charge on any atom is 0.254 e. The Morgan fingerprint density at radius 2 is 2.20 bits per heavy atom. The molecule has 3 rings (SSSR count). The first-order valence-corrected chi connectivity index (χ1v) is 9.50. The average molecular weight is 315 g/mol. The molecule has 0 aromatic carbocycles. The zero-order valence-electron chi connectivity index (χ0n) is 11.7. The summed E-state index contributed by atoms with van der Waals surface area (Å²) < 4.78 is 27.6. The van der Waals surface area contributed by atoms with Crippen LogP contribution in [0, 0.1) is 6.92 Å². The summed E-state index contributed by atoms with van der Waals surface area (Å²) in [5, 5.41) is 4.24. The molecule has 20 heavy (non-hydrogen) atoms. The molecule has 0 amide bonds. The number of sulfonamides is 1. The van der Waals surface area contributed by atoms with Gasteiger partial charge in [-0.25, -0.2) is 13.4 Å². The maximum absolute atomic E-state index is 12.8. The van der Waals surface area contributed by atoms with Crippen LogP contribution < -0.4 is 5.32 Å². The fourth-order valence-electron chi connectivity index (χ4n) is 2.68. The smallest absolute Gasteiger partial charge is 0.254 e. The van der Waals surface area contributed by atoms with Gasteiger partial charge in [0.2, 0.25) is 0 Å². The van der Waals surface area contributed by atoms with Crippen molar-refractivity contribution in [3.8, 4) is 0 Å². The molecule has 2 heterocycles. The molecule has 5 nitrogen and oxygen atoms in total.